The van der Waals surface area contributed by atoms with Crippen LogP contribution in [0.4, 0.5) is 19.1 Å². The van der Waals surface area contributed by atoms with Gasteiger partial charge in [-0.25, -0.2) is 9.97 Å². The number of fused-ring (bicyclic) bond motifs is 1. The molecule has 1 saturated heterocycles. The number of carbonyl (C=O) groups is 3. The number of hydrogen-bond donors (Lipinski definition) is 2. The summed E-state index contributed by atoms with van der Waals surface area (Å²) in [6, 6.07) is 6.83. The van der Waals surface area contributed by atoms with E-state index in [9.17, 15) is 27.6 Å². The molecule has 0 unspecified atom stereocenters. The van der Waals surface area contributed by atoms with Crippen molar-refractivity contribution in [3.8, 4) is 0 Å². The van der Waals surface area contributed by atoms with Crippen molar-refractivity contribution >= 4 is 34.6 Å². The number of anilines is 1. The van der Waals surface area contributed by atoms with E-state index in [1.165, 1.54) is 0 Å². The van der Waals surface area contributed by atoms with E-state index in [0.717, 1.165) is 17.8 Å². The van der Waals surface area contributed by atoms with Gasteiger partial charge in [-0.1, -0.05) is 6.07 Å². The molecule has 0 aliphatic carbocycles. The van der Waals surface area contributed by atoms with Gasteiger partial charge in [0.25, 0.3) is 0 Å². The van der Waals surface area contributed by atoms with Crippen LogP contribution in [0, 0.1) is 0 Å². The predicted molar refractivity (Wildman–Crippen MR) is 124 cm³/mol. The molecule has 1 aromatic carbocycles. The molecule has 4 rings (SSSR count). The molecule has 1 fully saturated rings. The Kier molecular flexibility index (Phi) is 7.08. The SMILES string of the molecule is NC(=O)c1ccc2ccn(CC(=O)NCCC(=O)N3CCN(c4ncc(C(F)(F)F)cn4)CC3)c2c1. The molecule has 0 spiro atoms. The van der Waals surface area contributed by atoms with Crippen LogP contribution < -0.4 is 16.0 Å². The van der Waals surface area contributed by atoms with Crippen molar-refractivity contribution in [2.75, 3.05) is 37.6 Å². The molecular weight excluding hydrogens is 479 g/mol. The van der Waals surface area contributed by atoms with Gasteiger partial charge in [-0.3, -0.25) is 14.4 Å². The number of halogens is 3. The van der Waals surface area contributed by atoms with Gasteiger partial charge >= 0.3 is 6.18 Å². The minimum Gasteiger partial charge on any atom is -0.366 e. The highest BCUT2D eigenvalue weighted by molar-refractivity contribution is 5.97. The first kappa shape index (κ1) is 24.9. The number of amides is 3. The molecule has 190 valence electrons. The third-order valence-corrected chi connectivity index (χ3v) is 5.91. The van der Waals surface area contributed by atoms with E-state index in [4.69, 9.17) is 5.73 Å². The monoisotopic (exact) mass is 503 g/mol. The lowest BCUT2D eigenvalue weighted by Crippen LogP contribution is -2.49. The van der Waals surface area contributed by atoms with E-state index in [0.29, 0.717) is 37.3 Å². The van der Waals surface area contributed by atoms with Gasteiger partial charge < -0.3 is 25.4 Å². The zero-order valence-electron chi connectivity index (χ0n) is 19.2. The predicted octanol–water partition coefficient (Wildman–Crippen LogP) is 1.40. The Morgan fingerprint density at radius 3 is 2.36 bits per heavy atom. The lowest BCUT2D eigenvalue weighted by atomic mass is 10.1. The summed E-state index contributed by atoms with van der Waals surface area (Å²) in [6.45, 7) is 1.69. The minimum atomic E-state index is -4.50. The number of nitrogens with one attached hydrogen (secondary N) is 1. The van der Waals surface area contributed by atoms with Gasteiger partial charge in [0.05, 0.1) is 5.56 Å². The number of nitrogens with zero attached hydrogens (tertiary/aromatic N) is 5. The van der Waals surface area contributed by atoms with Crippen LogP contribution in [-0.4, -0.2) is 69.9 Å². The molecule has 3 N–H and O–H groups in total. The van der Waals surface area contributed by atoms with Crippen molar-refractivity contribution in [2.24, 2.45) is 5.73 Å². The number of primary amides is 1. The molecule has 10 nitrogen and oxygen atoms in total. The Balaban J connectivity index is 1.22. The van der Waals surface area contributed by atoms with E-state index in [1.807, 2.05) is 6.07 Å². The number of piperazine rings is 1. The van der Waals surface area contributed by atoms with Crippen LogP contribution in [-0.2, 0) is 22.3 Å². The molecule has 3 heterocycles. The van der Waals surface area contributed by atoms with E-state index < -0.39 is 17.6 Å². The van der Waals surface area contributed by atoms with Crippen LogP contribution in [0.1, 0.15) is 22.3 Å². The summed E-state index contributed by atoms with van der Waals surface area (Å²) in [7, 11) is 0. The quantitative estimate of drug-likeness (QED) is 0.502. The third-order valence-electron chi connectivity index (χ3n) is 5.91. The molecule has 0 saturated carbocycles. The van der Waals surface area contributed by atoms with Crippen molar-refractivity contribution in [1.82, 2.24) is 24.8 Å². The average molecular weight is 503 g/mol. The van der Waals surface area contributed by atoms with Gasteiger partial charge in [-0.15, -0.1) is 0 Å². The first-order chi connectivity index (χ1) is 17.1. The van der Waals surface area contributed by atoms with Gasteiger partial charge in [-0.2, -0.15) is 13.2 Å². The maximum atomic E-state index is 12.7. The largest absolute Gasteiger partial charge is 0.419 e. The van der Waals surface area contributed by atoms with Gasteiger partial charge in [0.2, 0.25) is 23.7 Å². The highest BCUT2D eigenvalue weighted by atomic mass is 19.4. The maximum absolute atomic E-state index is 12.7. The van der Waals surface area contributed by atoms with Gasteiger partial charge in [0.15, 0.2) is 0 Å². The fourth-order valence-electron chi connectivity index (χ4n) is 3.94. The van der Waals surface area contributed by atoms with Gasteiger partial charge in [0.1, 0.15) is 6.54 Å². The number of nitrogens with two attached hydrogens (primary N) is 1. The smallest absolute Gasteiger partial charge is 0.366 e. The highest BCUT2D eigenvalue weighted by Crippen LogP contribution is 2.28. The number of aromatic nitrogens is 3. The lowest BCUT2D eigenvalue weighted by molar-refractivity contribution is -0.138. The molecule has 1 aliphatic heterocycles. The molecule has 0 radical (unpaired) electrons. The molecule has 0 atom stereocenters. The summed E-state index contributed by atoms with van der Waals surface area (Å²) in [5.41, 5.74) is 5.46. The topological polar surface area (TPSA) is 126 Å². The summed E-state index contributed by atoms with van der Waals surface area (Å²) in [6.07, 6.45) is -1.16. The molecule has 13 heteroatoms. The Labute approximate surface area is 203 Å². The Hall–Kier alpha value is -4.16. The van der Waals surface area contributed by atoms with E-state index in [2.05, 4.69) is 15.3 Å². The van der Waals surface area contributed by atoms with Gasteiger partial charge in [0, 0.05) is 68.8 Å². The van der Waals surface area contributed by atoms with Crippen LogP contribution in [0.3, 0.4) is 0 Å². The van der Waals surface area contributed by atoms with Gasteiger partial charge in [-0.05, 0) is 23.6 Å². The van der Waals surface area contributed by atoms with Crippen molar-refractivity contribution in [3.05, 3.63) is 54.0 Å². The number of carbonyl (C=O) groups excluding carboxylic acids is 3. The molecule has 36 heavy (non-hydrogen) atoms. The first-order valence-electron chi connectivity index (χ1n) is 11.2. The number of rotatable bonds is 7. The van der Waals surface area contributed by atoms with Crippen molar-refractivity contribution in [1.29, 1.82) is 0 Å². The van der Waals surface area contributed by atoms with E-state index >= 15 is 0 Å². The summed E-state index contributed by atoms with van der Waals surface area (Å²) in [5, 5.41) is 3.59. The third kappa shape index (κ3) is 5.73. The number of hydrogen-bond acceptors (Lipinski definition) is 6. The normalized spacial score (nSPS) is 14.2. The fraction of sp³-hybridized carbons (Fsp3) is 0.348. The van der Waals surface area contributed by atoms with Crippen molar-refractivity contribution in [2.45, 2.75) is 19.1 Å². The van der Waals surface area contributed by atoms with Crippen LogP contribution in [0.2, 0.25) is 0 Å². The number of alkyl halides is 3. The zero-order valence-corrected chi connectivity index (χ0v) is 19.2. The van der Waals surface area contributed by atoms with Crippen molar-refractivity contribution < 1.29 is 27.6 Å². The minimum absolute atomic E-state index is 0.0196. The molecule has 3 amide bonds. The Morgan fingerprint density at radius 1 is 1.03 bits per heavy atom. The second kappa shape index (κ2) is 10.2. The molecule has 0 bridgehead atoms. The Bertz CT molecular complexity index is 1270. The first-order valence-corrected chi connectivity index (χ1v) is 11.2. The maximum Gasteiger partial charge on any atom is 0.419 e. The second-order valence-electron chi connectivity index (χ2n) is 8.32. The van der Waals surface area contributed by atoms with Crippen molar-refractivity contribution in [3.63, 3.8) is 0 Å². The second-order valence-corrected chi connectivity index (χ2v) is 8.32. The average Bonchev–Trinajstić information content (AvgIpc) is 3.25. The standard InChI is InChI=1S/C23H24F3N7O3/c24-23(25,26)17-12-29-22(30-13-17)32-9-7-31(8-10-32)20(35)3-5-28-19(34)14-33-6-4-15-1-2-16(21(27)36)11-18(15)33/h1-2,4,6,11-13H,3,5,7-10,14H2,(H2,27,36)(H,28,34). The summed E-state index contributed by atoms with van der Waals surface area (Å²) in [5.74, 6) is -0.793. The van der Waals surface area contributed by atoms with E-state index in [1.54, 1.807) is 38.8 Å². The highest BCUT2D eigenvalue weighted by Gasteiger charge is 2.32. The molecular formula is C23H24F3N7O3. The molecule has 3 aromatic rings. The number of benzene rings is 1. The summed E-state index contributed by atoms with van der Waals surface area (Å²) >= 11 is 0. The summed E-state index contributed by atoms with van der Waals surface area (Å²) < 4.78 is 39.7. The molecule has 2 aromatic heterocycles. The van der Waals surface area contributed by atoms with Crippen LogP contribution in [0.15, 0.2) is 42.9 Å². The summed E-state index contributed by atoms with van der Waals surface area (Å²) in [4.78, 5) is 47.3. The Morgan fingerprint density at radius 2 is 1.72 bits per heavy atom. The van der Waals surface area contributed by atoms with Crippen LogP contribution in [0.25, 0.3) is 10.9 Å². The lowest BCUT2D eigenvalue weighted by Gasteiger charge is -2.34. The van der Waals surface area contributed by atoms with Crippen LogP contribution in [0.5, 0.6) is 0 Å². The fourth-order valence-corrected chi connectivity index (χ4v) is 3.94. The zero-order chi connectivity index (χ0) is 25.9. The van der Waals surface area contributed by atoms with Crippen LogP contribution >= 0.6 is 0 Å². The van der Waals surface area contributed by atoms with E-state index in [-0.39, 0.29) is 37.3 Å². The molecule has 1 aliphatic rings.